The molecule has 2 rings (SSSR count). The third-order valence-electron chi connectivity index (χ3n) is 3.86. The molecule has 1 unspecified atom stereocenters. The first-order valence-electron chi connectivity index (χ1n) is 7.20. The van der Waals surface area contributed by atoms with E-state index in [-0.39, 0.29) is 16.3 Å². The van der Waals surface area contributed by atoms with Gasteiger partial charge in [-0.2, -0.15) is 0 Å². The molecule has 3 heteroatoms. The normalized spacial score (nSPS) is 18.3. The first-order valence-corrected chi connectivity index (χ1v) is 7.57. The summed E-state index contributed by atoms with van der Waals surface area (Å²) < 4.78 is 13.5. The van der Waals surface area contributed by atoms with Crippen LogP contribution < -0.4 is 5.32 Å². The molecule has 1 aromatic rings. The predicted octanol–water partition coefficient (Wildman–Crippen LogP) is 4.58. The van der Waals surface area contributed by atoms with Crippen molar-refractivity contribution < 1.29 is 4.39 Å². The van der Waals surface area contributed by atoms with Crippen molar-refractivity contribution in [1.82, 2.24) is 5.32 Å². The molecule has 0 spiro atoms. The van der Waals surface area contributed by atoms with Gasteiger partial charge < -0.3 is 5.32 Å². The molecule has 0 radical (unpaired) electrons. The molecular weight excluding hydrogens is 261 g/mol. The molecule has 106 valence electrons. The van der Waals surface area contributed by atoms with Gasteiger partial charge in [-0.15, -0.1) is 0 Å². The molecule has 1 N–H and O–H groups in total. The number of hydrogen-bond donors (Lipinski definition) is 1. The van der Waals surface area contributed by atoms with Crippen LogP contribution in [0, 0.1) is 11.2 Å². The van der Waals surface area contributed by atoms with Gasteiger partial charge in [0.15, 0.2) is 0 Å². The second-order valence-corrected chi connectivity index (χ2v) is 6.55. The first-order chi connectivity index (χ1) is 9.02. The summed E-state index contributed by atoms with van der Waals surface area (Å²) in [6.07, 6.45) is 5.81. The van der Waals surface area contributed by atoms with Crippen molar-refractivity contribution in [2.75, 3.05) is 6.54 Å². The standard InChI is InChI=1S/C16H23ClFN/c1-3-8-16(2,11-19-13-5-6-13)10-12-4-7-14(17)15(18)9-12/h4,7,9,13,19H,3,5-6,8,10-11H2,1-2H3. The lowest BCUT2D eigenvalue weighted by Gasteiger charge is -2.30. The van der Waals surface area contributed by atoms with Crippen LogP contribution in [0.15, 0.2) is 18.2 Å². The lowest BCUT2D eigenvalue weighted by atomic mass is 9.79. The van der Waals surface area contributed by atoms with Gasteiger partial charge in [0.2, 0.25) is 0 Å². The van der Waals surface area contributed by atoms with Crippen molar-refractivity contribution in [1.29, 1.82) is 0 Å². The second kappa shape index (κ2) is 6.23. The maximum absolute atomic E-state index is 13.5. The molecule has 1 aromatic carbocycles. The lowest BCUT2D eigenvalue weighted by molar-refractivity contribution is 0.274. The second-order valence-electron chi connectivity index (χ2n) is 6.14. The Balaban J connectivity index is 2.02. The average Bonchev–Trinajstić information content (AvgIpc) is 3.16. The summed E-state index contributed by atoms with van der Waals surface area (Å²) in [5.74, 6) is -0.312. The van der Waals surface area contributed by atoms with E-state index in [0.29, 0.717) is 0 Å². The first kappa shape index (κ1) is 14.8. The lowest BCUT2D eigenvalue weighted by Crippen LogP contribution is -2.34. The largest absolute Gasteiger partial charge is 0.313 e. The van der Waals surface area contributed by atoms with Crippen LogP contribution in [0.25, 0.3) is 0 Å². The van der Waals surface area contributed by atoms with Crippen molar-refractivity contribution in [3.8, 4) is 0 Å². The highest BCUT2D eigenvalue weighted by atomic mass is 35.5. The highest BCUT2D eigenvalue weighted by Gasteiger charge is 2.28. The molecule has 0 aromatic heterocycles. The maximum atomic E-state index is 13.5. The van der Waals surface area contributed by atoms with Crippen LogP contribution in [0.1, 0.15) is 45.1 Å². The van der Waals surface area contributed by atoms with Crippen LogP contribution >= 0.6 is 11.6 Å². The van der Waals surface area contributed by atoms with Crippen LogP contribution in [0.5, 0.6) is 0 Å². The minimum atomic E-state index is -0.312. The molecule has 1 saturated carbocycles. The molecule has 0 heterocycles. The summed E-state index contributed by atoms with van der Waals surface area (Å²) in [6, 6.07) is 5.90. The fourth-order valence-electron chi connectivity index (χ4n) is 2.66. The Morgan fingerprint density at radius 1 is 1.42 bits per heavy atom. The Morgan fingerprint density at radius 2 is 2.16 bits per heavy atom. The third kappa shape index (κ3) is 4.47. The van der Waals surface area contributed by atoms with Crippen molar-refractivity contribution in [3.05, 3.63) is 34.6 Å². The number of benzene rings is 1. The zero-order chi connectivity index (χ0) is 13.9. The zero-order valence-electron chi connectivity index (χ0n) is 11.8. The van der Waals surface area contributed by atoms with Gasteiger partial charge in [-0.05, 0) is 48.8 Å². The fourth-order valence-corrected chi connectivity index (χ4v) is 2.78. The molecule has 19 heavy (non-hydrogen) atoms. The van der Waals surface area contributed by atoms with Crippen LogP contribution in [-0.2, 0) is 6.42 Å². The Kier molecular flexibility index (Phi) is 4.86. The van der Waals surface area contributed by atoms with Gasteiger partial charge in [-0.25, -0.2) is 4.39 Å². The van der Waals surface area contributed by atoms with E-state index in [9.17, 15) is 4.39 Å². The molecule has 0 aliphatic heterocycles. The zero-order valence-corrected chi connectivity index (χ0v) is 12.6. The van der Waals surface area contributed by atoms with E-state index in [1.807, 2.05) is 6.07 Å². The molecule has 1 nitrogen and oxygen atoms in total. The van der Waals surface area contributed by atoms with Crippen molar-refractivity contribution in [2.24, 2.45) is 5.41 Å². The van der Waals surface area contributed by atoms with E-state index in [1.54, 1.807) is 12.1 Å². The molecular formula is C16H23ClFN. The molecule has 0 amide bonds. The Labute approximate surface area is 120 Å². The number of hydrogen-bond acceptors (Lipinski definition) is 1. The molecule has 0 saturated heterocycles. The van der Waals surface area contributed by atoms with Crippen LogP contribution in [0.2, 0.25) is 5.02 Å². The summed E-state index contributed by atoms with van der Waals surface area (Å²) in [5.41, 5.74) is 1.23. The molecule has 0 bridgehead atoms. The van der Waals surface area contributed by atoms with Gasteiger partial charge >= 0.3 is 0 Å². The third-order valence-corrected chi connectivity index (χ3v) is 4.17. The highest BCUT2D eigenvalue weighted by Crippen LogP contribution is 2.30. The minimum absolute atomic E-state index is 0.192. The van der Waals surface area contributed by atoms with Gasteiger partial charge in [0.05, 0.1) is 5.02 Å². The summed E-state index contributed by atoms with van der Waals surface area (Å²) in [6.45, 7) is 5.51. The Bertz CT molecular complexity index is 431. The maximum Gasteiger partial charge on any atom is 0.142 e. The van der Waals surface area contributed by atoms with Crippen LogP contribution in [-0.4, -0.2) is 12.6 Å². The van der Waals surface area contributed by atoms with E-state index < -0.39 is 0 Å². The van der Waals surface area contributed by atoms with Crippen LogP contribution in [0.4, 0.5) is 4.39 Å². The number of halogens is 2. The molecule has 1 fully saturated rings. The summed E-state index contributed by atoms with van der Waals surface area (Å²) in [4.78, 5) is 0. The van der Waals surface area contributed by atoms with Gasteiger partial charge in [0, 0.05) is 12.6 Å². The molecule has 1 aliphatic carbocycles. The smallest absolute Gasteiger partial charge is 0.142 e. The van der Waals surface area contributed by atoms with Gasteiger partial charge in [0.25, 0.3) is 0 Å². The summed E-state index contributed by atoms with van der Waals surface area (Å²) in [7, 11) is 0. The highest BCUT2D eigenvalue weighted by molar-refractivity contribution is 6.30. The summed E-state index contributed by atoms with van der Waals surface area (Å²) >= 11 is 5.74. The van der Waals surface area contributed by atoms with Gasteiger partial charge in [0.1, 0.15) is 5.82 Å². The van der Waals surface area contributed by atoms with Crippen molar-refractivity contribution in [3.63, 3.8) is 0 Å². The fraction of sp³-hybridized carbons (Fsp3) is 0.625. The van der Waals surface area contributed by atoms with Crippen molar-refractivity contribution in [2.45, 2.75) is 52.0 Å². The van der Waals surface area contributed by atoms with Gasteiger partial charge in [-0.3, -0.25) is 0 Å². The number of rotatable bonds is 7. The topological polar surface area (TPSA) is 12.0 Å². The van der Waals surface area contributed by atoms with Gasteiger partial charge in [-0.1, -0.05) is 37.9 Å². The quantitative estimate of drug-likeness (QED) is 0.772. The predicted molar refractivity (Wildman–Crippen MR) is 79.2 cm³/mol. The molecule has 1 atom stereocenters. The number of nitrogens with one attached hydrogen (secondary N) is 1. The Morgan fingerprint density at radius 3 is 2.74 bits per heavy atom. The van der Waals surface area contributed by atoms with E-state index in [2.05, 4.69) is 19.2 Å². The monoisotopic (exact) mass is 283 g/mol. The summed E-state index contributed by atoms with van der Waals surface area (Å²) in [5, 5.41) is 3.81. The molecule has 1 aliphatic rings. The van der Waals surface area contributed by atoms with Crippen LogP contribution in [0.3, 0.4) is 0 Å². The van der Waals surface area contributed by atoms with E-state index >= 15 is 0 Å². The van der Waals surface area contributed by atoms with E-state index in [4.69, 9.17) is 11.6 Å². The van der Waals surface area contributed by atoms with E-state index in [0.717, 1.165) is 37.4 Å². The minimum Gasteiger partial charge on any atom is -0.313 e. The Hall–Kier alpha value is -0.600. The SMILES string of the molecule is CCCC(C)(CNC1CC1)Cc1ccc(Cl)c(F)c1. The average molecular weight is 284 g/mol. The van der Waals surface area contributed by atoms with E-state index in [1.165, 1.54) is 12.8 Å². The van der Waals surface area contributed by atoms with Crippen molar-refractivity contribution >= 4 is 11.6 Å².